The number of piperidine rings is 1. The van der Waals surface area contributed by atoms with Gasteiger partial charge in [-0.25, -0.2) is 4.39 Å². The number of Topliss-reactive ketones (excluding diaryl/α,β-unsaturated/α-hetero) is 1. The van der Waals surface area contributed by atoms with Crippen molar-refractivity contribution < 1.29 is 14.0 Å². The third kappa shape index (κ3) is 6.31. The summed E-state index contributed by atoms with van der Waals surface area (Å²) >= 11 is 0. The van der Waals surface area contributed by atoms with Crippen molar-refractivity contribution in [1.29, 1.82) is 0 Å². The van der Waals surface area contributed by atoms with Gasteiger partial charge < -0.3 is 10.2 Å². The highest BCUT2D eigenvalue weighted by Gasteiger charge is 2.32. The molecule has 1 atom stereocenters. The molecule has 1 aliphatic heterocycles. The number of halogens is 1. The number of benzene rings is 4. The summed E-state index contributed by atoms with van der Waals surface area (Å²) in [6.45, 7) is 4.37. The van der Waals surface area contributed by atoms with E-state index < -0.39 is 0 Å². The molecule has 1 heterocycles. The number of hydrogen-bond acceptors (Lipinski definition) is 3. The predicted octanol–water partition coefficient (Wildman–Crippen LogP) is 7.05. The number of ketones is 1. The van der Waals surface area contributed by atoms with E-state index in [2.05, 4.69) is 34.5 Å². The molecule has 204 valence electrons. The molecule has 5 rings (SSSR count). The Morgan fingerprint density at radius 3 is 2.17 bits per heavy atom. The highest BCUT2D eigenvalue weighted by Crippen LogP contribution is 2.35. The Kier molecular flexibility index (Phi) is 8.70. The van der Waals surface area contributed by atoms with Crippen LogP contribution in [0.15, 0.2) is 103 Å². The molecule has 1 unspecified atom stereocenters. The maximum Gasteiger partial charge on any atom is 0.227 e. The van der Waals surface area contributed by atoms with E-state index in [9.17, 15) is 14.0 Å². The lowest BCUT2D eigenvalue weighted by atomic mass is 9.79. The smallest absolute Gasteiger partial charge is 0.227 e. The first-order valence-electron chi connectivity index (χ1n) is 14.1. The Labute approximate surface area is 235 Å². The Balaban J connectivity index is 1.23. The summed E-state index contributed by atoms with van der Waals surface area (Å²) in [6, 6.07) is 32.1. The molecular formula is C35H35FN2O2. The van der Waals surface area contributed by atoms with Gasteiger partial charge in [-0.05, 0) is 72.2 Å². The monoisotopic (exact) mass is 534 g/mol. The van der Waals surface area contributed by atoms with Crippen molar-refractivity contribution in [2.45, 2.75) is 32.1 Å². The summed E-state index contributed by atoms with van der Waals surface area (Å²) in [5.74, 6) is 0.0144. The fourth-order valence-electron chi connectivity index (χ4n) is 5.79. The third-order valence-electron chi connectivity index (χ3n) is 7.85. The van der Waals surface area contributed by atoms with Gasteiger partial charge in [0.05, 0.1) is 5.92 Å². The molecule has 0 aromatic heterocycles. The molecule has 0 bridgehead atoms. The SMILES string of the molecule is CCNC(=O)C(c1ccccc1)C1CCN(c2ccc(CC(=O)c3ccccc3-c3ccc(F)cc3)cc2)CC1. The van der Waals surface area contributed by atoms with Gasteiger partial charge in [0.2, 0.25) is 5.91 Å². The lowest BCUT2D eigenvalue weighted by Crippen LogP contribution is -2.40. The fraction of sp³-hybridized carbons (Fsp3) is 0.257. The molecule has 5 heteroatoms. The first-order valence-corrected chi connectivity index (χ1v) is 14.1. The van der Waals surface area contributed by atoms with Gasteiger partial charge in [0, 0.05) is 37.3 Å². The predicted molar refractivity (Wildman–Crippen MR) is 159 cm³/mol. The van der Waals surface area contributed by atoms with Gasteiger partial charge in [0.25, 0.3) is 0 Å². The van der Waals surface area contributed by atoms with Crippen LogP contribution >= 0.6 is 0 Å². The van der Waals surface area contributed by atoms with Crippen molar-refractivity contribution in [1.82, 2.24) is 5.32 Å². The van der Waals surface area contributed by atoms with Gasteiger partial charge in [-0.15, -0.1) is 0 Å². The minimum atomic E-state index is -0.296. The first-order chi connectivity index (χ1) is 19.5. The Hall–Kier alpha value is -4.25. The summed E-state index contributed by atoms with van der Waals surface area (Å²) in [5, 5.41) is 3.04. The molecule has 1 amide bonds. The van der Waals surface area contributed by atoms with E-state index in [-0.39, 0.29) is 23.4 Å². The van der Waals surface area contributed by atoms with Crippen LogP contribution < -0.4 is 10.2 Å². The average molecular weight is 535 g/mol. The maximum absolute atomic E-state index is 13.4. The number of anilines is 1. The molecule has 4 nitrogen and oxygen atoms in total. The normalized spacial score (nSPS) is 14.5. The average Bonchev–Trinajstić information content (AvgIpc) is 2.99. The summed E-state index contributed by atoms with van der Waals surface area (Å²) in [7, 11) is 0. The largest absolute Gasteiger partial charge is 0.372 e. The van der Waals surface area contributed by atoms with Crippen LogP contribution in [0.3, 0.4) is 0 Å². The van der Waals surface area contributed by atoms with Crippen LogP contribution in [0.2, 0.25) is 0 Å². The van der Waals surface area contributed by atoms with Crippen molar-refractivity contribution in [3.63, 3.8) is 0 Å². The minimum absolute atomic E-state index is 0.0331. The summed E-state index contributed by atoms with van der Waals surface area (Å²) < 4.78 is 13.4. The number of nitrogens with zero attached hydrogens (tertiary/aromatic N) is 1. The quantitative estimate of drug-likeness (QED) is 0.234. The lowest BCUT2D eigenvalue weighted by molar-refractivity contribution is -0.123. The van der Waals surface area contributed by atoms with Crippen LogP contribution in [0.25, 0.3) is 11.1 Å². The molecule has 1 fully saturated rings. The second kappa shape index (κ2) is 12.7. The summed E-state index contributed by atoms with van der Waals surface area (Å²) in [6.07, 6.45) is 2.18. The fourth-order valence-corrected chi connectivity index (χ4v) is 5.79. The van der Waals surface area contributed by atoms with E-state index in [1.165, 1.54) is 12.1 Å². The number of nitrogens with one attached hydrogen (secondary N) is 1. The lowest BCUT2D eigenvalue weighted by Gasteiger charge is -2.37. The number of amides is 1. The van der Waals surface area contributed by atoms with E-state index >= 15 is 0 Å². The number of hydrogen-bond donors (Lipinski definition) is 1. The van der Waals surface area contributed by atoms with Crippen LogP contribution in [0.1, 0.15) is 47.2 Å². The number of carbonyl (C=O) groups is 2. The zero-order chi connectivity index (χ0) is 27.9. The van der Waals surface area contributed by atoms with Crippen LogP contribution in [0.5, 0.6) is 0 Å². The van der Waals surface area contributed by atoms with Gasteiger partial charge in [0.15, 0.2) is 5.78 Å². The number of likely N-dealkylation sites (N-methyl/N-ethyl adjacent to an activating group) is 1. The van der Waals surface area contributed by atoms with Crippen LogP contribution in [-0.4, -0.2) is 31.3 Å². The molecule has 1 N–H and O–H groups in total. The zero-order valence-electron chi connectivity index (χ0n) is 22.9. The van der Waals surface area contributed by atoms with Gasteiger partial charge in [0.1, 0.15) is 5.82 Å². The highest BCUT2D eigenvalue weighted by molar-refractivity contribution is 6.03. The van der Waals surface area contributed by atoms with Gasteiger partial charge in [-0.3, -0.25) is 9.59 Å². The molecule has 4 aromatic rings. The molecule has 4 aromatic carbocycles. The van der Waals surface area contributed by atoms with Crippen molar-refractivity contribution in [3.8, 4) is 11.1 Å². The molecule has 0 radical (unpaired) electrons. The minimum Gasteiger partial charge on any atom is -0.372 e. The number of carbonyl (C=O) groups excluding carboxylic acids is 2. The maximum atomic E-state index is 13.4. The Morgan fingerprint density at radius 1 is 0.850 bits per heavy atom. The van der Waals surface area contributed by atoms with Gasteiger partial charge >= 0.3 is 0 Å². The molecule has 1 aliphatic rings. The van der Waals surface area contributed by atoms with Gasteiger partial charge in [-0.2, -0.15) is 0 Å². The van der Waals surface area contributed by atoms with Gasteiger partial charge in [-0.1, -0.05) is 78.9 Å². The number of rotatable bonds is 9. The topological polar surface area (TPSA) is 49.4 Å². The van der Waals surface area contributed by atoms with Crippen LogP contribution in [0.4, 0.5) is 10.1 Å². The second-order valence-corrected chi connectivity index (χ2v) is 10.4. The molecule has 0 aliphatic carbocycles. The Morgan fingerprint density at radius 2 is 1.50 bits per heavy atom. The van der Waals surface area contributed by atoms with E-state index in [1.807, 2.05) is 61.5 Å². The second-order valence-electron chi connectivity index (χ2n) is 10.4. The van der Waals surface area contributed by atoms with E-state index in [1.54, 1.807) is 12.1 Å². The molecule has 0 saturated carbocycles. The van der Waals surface area contributed by atoms with E-state index in [0.29, 0.717) is 24.4 Å². The van der Waals surface area contributed by atoms with Crippen molar-refractivity contribution in [2.24, 2.45) is 5.92 Å². The summed E-state index contributed by atoms with van der Waals surface area (Å²) in [5.41, 5.74) is 5.45. The van der Waals surface area contributed by atoms with Crippen LogP contribution in [0, 0.1) is 11.7 Å². The molecular weight excluding hydrogens is 499 g/mol. The van der Waals surface area contributed by atoms with Crippen LogP contribution in [-0.2, 0) is 11.2 Å². The standard InChI is InChI=1S/C35H35FN2O2/c1-2-37-35(40)34(27-8-4-3-5-9-27)28-20-22-38(23-21-28)30-18-12-25(13-19-30)24-33(39)32-11-7-6-10-31(32)26-14-16-29(36)17-15-26/h3-19,28,34H,2,20-24H2,1H3,(H,37,40). The molecule has 40 heavy (non-hydrogen) atoms. The summed E-state index contributed by atoms with van der Waals surface area (Å²) in [4.78, 5) is 28.6. The zero-order valence-corrected chi connectivity index (χ0v) is 22.9. The highest BCUT2D eigenvalue weighted by atomic mass is 19.1. The van der Waals surface area contributed by atoms with Crippen molar-refractivity contribution in [2.75, 3.05) is 24.5 Å². The van der Waals surface area contributed by atoms with Crippen molar-refractivity contribution >= 4 is 17.4 Å². The molecule has 0 spiro atoms. The first kappa shape index (κ1) is 27.3. The van der Waals surface area contributed by atoms with E-state index in [0.717, 1.165) is 53.9 Å². The third-order valence-corrected chi connectivity index (χ3v) is 7.85. The van der Waals surface area contributed by atoms with E-state index in [4.69, 9.17) is 0 Å². The Bertz CT molecular complexity index is 1430. The molecule has 1 saturated heterocycles. The van der Waals surface area contributed by atoms with Crippen molar-refractivity contribution in [3.05, 3.63) is 126 Å².